The normalized spacial score (nSPS) is 10.5. The maximum Gasteiger partial charge on any atom is 0.319 e. The second-order valence-electron chi connectivity index (χ2n) is 5.38. The van der Waals surface area contributed by atoms with Gasteiger partial charge in [-0.2, -0.15) is 0 Å². The van der Waals surface area contributed by atoms with Gasteiger partial charge in [-0.15, -0.1) is 0 Å². The smallest absolute Gasteiger partial charge is 0.319 e. The second-order valence-corrected chi connectivity index (χ2v) is 5.38. The number of rotatable bonds is 4. The number of aromatic amines is 1. The van der Waals surface area contributed by atoms with Crippen molar-refractivity contribution in [3.05, 3.63) is 70.4 Å². The van der Waals surface area contributed by atoms with Gasteiger partial charge in [0.2, 0.25) is 0 Å². The maximum absolute atomic E-state index is 12.1. The molecule has 0 bridgehead atoms. The molecule has 0 unspecified atom stereocenters. The van der Waals surface area contributed by atoms with Crippen LogP contribution in [0.1, 0.15) is 18.2 Å². The molecule has 0 aliphatic rings. The van der Waals surface area contributed by atoms with Gasteiger partial charge in [-0.1, -0.05) is 13.0 Å². The fraction of sp³-hybridized carbons (Fsp3) is 0.167. The van der Waals surface area contributed by atoms with Crippen LogP contribution in [0.5, 0.6) is 0 Å². The molecule has 6 heteroatoms. The summed E-state index contributed by atoms with van der Waals surface area (Å²) in [6.45, 7) is 2.42. The molecule has 0 atom stereocenters. The Morgan fingerprint density at radius 3 is 2.96 bits per heavy atom. The van der Waals surface area contributed by atoms with Gasteiger partial charge in [0, 0.05) is 23.5 Å². The number of fused-ring (bicyclic) bond motifs is 1. The van der Waals surface area contributed by atoms with Crippen molar-refractivity contribution in [3.63, 3.8) is 0 Å². The van der Waals surface area contributed by atoms with Crippen molar-refractivity contribution in [3.8, 4) is 0 Å². The third-order valence-electron chi connectivity index (χ3n) is 3.81. The predicted octanol–water partition coefficient (Wildman–Crippen LogP) is 2.81. The fourth-order valence-corrected chi connectivity index (χ4v) is 2.56. The Morgan fingerprint density at radius 2 is 2.12 bits per heavy atom. The van der Waals surface area contributed by atoms with Crippen LogP contribution < -0.4 is 16.2 Å². The summed E-state index contributed by atoms with van der Waals surface area (Å²) >= 11 is 0. The van der Waals surface area contributed by atoms with E-state index in [1.807, 2.05) is 12.1 Å². The van der Waals surface area contributed by atoms with Gasteiger partial charge in [-0.05, 0) is 47.7 Å². The number of nitrogens with zero attached hydrogens (tertiary/aromatic N) is 1. The number of nitrogens with one attached hydrogen (secondary N) is 3. The summed E-state index contributed by atoms with van der Waals surface area (Å²) in [4.78, 5) is 30.7. The van der Waals surface area contributed by atoms with Gasteiger partial charge in [0.05, 0.1) is 12.2 Å². The van der Waals surface area contributed by atoms with E-state index >= 15 is 0 Å². The van der Waals surface area contributed by atoms with Crippen LogP contribution in [0.3, 0.4) is 0 Å². The molecule has 0 saturated carbocycles. The third-order valence-corrected chi connectivity index (χ3v) is 3.81. The summed E-state index contributed by atoms with van der Waals surface area (Å²) in [5.74, 6) is 0. The predicted molar refractivity (Wildman–Crippen MR) is 94.0 cm³/mol. The molecule has 1 aromatic carbocycles. The van der Waals surface area contributed by atoms with Crippen molar-refractivity contribution in [2.45, 2.75) is 19.9 Å². The number of aryl methyl sites for hydroxylation is 1. The Bertz CT molecular complexity index is 933. The van der Waals surface area contributed by atoms with Crippen molar-refractivity contribution in [1.29, 1.82) is 0 Å². The molecule has 0 aliphatic carbocycles. The lowest BCUT2D eigenvalue weighted by Gasteiger charge is -2.10. The lowest BCUT2D eigenvalue weighted by molar-refractivity contribution is 0.251. The zero-order chi connectivity index (χ0) is 16.9. The molecule has 24 heavy (non-hydrogen) atoms. The summed E-state index contributed by atoms with van der Waals surface area (Å²) in [7, 11) is 0. The van der Waals surface area contributed by atoms with Crippen LogP contribution in [-0.2, 0) is 13.0 Å². The maximum atomic E-state index is 12.1. The topological polar surface area (TPSA) is 86.9 Å². The van der Waals surface area contributed by atoms with Crippen molar-refractivity contribution in [1.82, 2.24) is 15.3 Å². The zero-order valence-corrected chi connectivity index (χ0v) is 13.3. The number of urea groups is 1. The van der Waals surface area contributed by atoms with E-state index in [2.05, 4.69) is 27.5 Å². The summed E-state index contributed by atoms with van der Waals surface area (Å²) < 4.78 is 0. The molecule has 2 heterocycles. The molecule has 3 aromatic rings. The van der Waals surface area contributed by atoms with Gasteiger partial charge in [0.25, 0.3) is 5.56 Å². The summed E-state index contributed by atoms with van der Waals surface area (Å²) in [6, 6.07) is 10.5. The van der Waals surface area contributed by atoms with E-state index in [9.17, 15) is 9.59 Å². The summed E-state index contributed by atoms with van der Waals surface area (Å²) in [5, 5.41) is 6.93. The summed E-state index contributed by atoms with van der Waals surface area (Å²) in [6.07, 6.45) is 4.17. The Morgan fingerprint density at radius 1 is 1.25 bits per heavy atom. The SMILES string of the molecule is CCc1cccnc1CNC(=O)Nc1ccc2c(=O)[nH]ccc2c1. The quantitative estimate of drug-likeness (QED) is 0.690. The molecule has 0 radical (unpaired) electrons. The molecule has 6 nitrogen and oxygen atoms in total. The van der Waals surface area contributed by atoms with E-state index < -0.39 is 0 Å². The Hall–Kier alpha value is -3.15. The van der Waals surface area contributed by atoms with Gasteiger partial charge in [-0.3, -0.25) is 9.78 Å². The minimum Gasteiger partial charge on any atom is -0.332 e. The number of aromatic nitrogens is 2. The van der Waals surface area contributed by atoms with Crippen molar-refractivity contribution >= 4 is 22.5 Å². The highest BCUT2D eigenvalue weighted by Crippen LogP contribution is 2.15. The zero-order valence-electron chi connectivity index (χ0n) is 13.3. The standard InChI is InChI=1S/C18H18N4O2/c1-2-12-4-3-8-19-16(12)11-21-18(24)22-14-5-6-15-13(10-14)7-9-20-17(15)23/h3-10H,2,11H2,1H3,(H,20,23)(H2,21,22,24). The van der Waals surface area contributed by atoms with Crippen LogP contribution in [0.2, 0.25) is 0 Å². The molecule has 2 amide bonds. The van der Waals surface area contributed by atoms with Crippen LogP contribution in [0.25, 0.3) is 10.8 Å². The highest BCUT2D eigenvalue weighted by Gasteiger charge is 2.06. The molecule has 2 aromatic heterocycles. The number of anilines is 1. The Labute approximate surface area is 138 Å². The van der Waals surface area contributed by atoms with E-state index in [0.29, 0.717) is 17.6 Å². The number of amides is 2. The Kier molecular flexibility index (Phi) is 4.56. The number of carbonyl (C=O) groups excluding carboxylic acids is 1. The van der Waals surface area contributed by atoms with Crippen LogP contribution >= 0.6 is 0 Å². The van der Waals surface area contributed by atoms with Crippen LogP contribution in [0.15, 0.2) is 53.6 Å². The number of hydrogen-bond acceptors (Lipinski definition) is 3. The first-order valence-corrected chi connectivity index (χ1v) is 7.76. The average Bonchev–Trinajstić information content (AvgIpc) is 2.60. The average molecular weight is 322 g/mol. The highest BCUT2D eigenvalue weighted by molar-refractivity contribution is 5.93. The lowest BCUT2D eigenvalue weighted by Crippen LogP contribution is -2.29. The first-order valence-electron chi connectivity index (χ1n) is 7.76. The van der Waals surface area contributed by atoms with Crippen LogP contribution in [-0.4, -0.2) is 16.0 Å². The largest absolute Gasteiger partial charge is 0.332 e. The van der Waals surface area contributed by atoms with Crippen molar-refractivity contribution < 1.29 is 4.79 Å². The molecule has 0 fully saturated rings. The second kappa shape index (κ2) is 6.95. The molecule has 0 aliphatic heterocycles. The van der Waals surface area contributed by atoms with Crippen LogP contribution in [0, 0.1) is 0 Å². The number of benzene rings is 1. The van der Waals surface area contributed by atoms with Gasteiger partial charge in [0.1, 0.15) is 0 Å². The monoisotopic (exact) mass is 322 g/mol. The van der Waals surface area contributed by atoms with E-state index in [-0.39, 0.29) is 11.6 Å². The number of H-pyrrole nitrogens is 1. The van der Waals surface area contributed by atoms with E-state index in [1.54, 1.807) is 36.7 Å². The number of hydrogen-bond donors (Lipinski definition) is 3. The number of pyridine rings is 2. The minimum absolute atomic E-state index is 0.147. The highest BCUT2D eigenvalue weighted by atomic mass is 16.2. The molecule has 122 valence electrons. The first kappa shape index (κ1) is 15.7. The van der Waals surface area contributed by atoms with E-state index in [0.717, 1.165) is 23.1 Å². The van der Waals surface area contributed by atoms with Gasteiger partial charge < -0.3 is 15.6 Å². The Balaban J connectivity index is 1.68. The molecule has 0 spiro atoms. The van der Waals surface area contributed by atoms with Gasteiger partial charge in [-0.25, -0.2) is 4.79 Å². The van der Waals surface area contributed by atoms with E-state index in [1.165, 1.54) is 0 Å². The first-order chi connectivity index (χ1) is 11.7. The van der Waals surface area contributed by atoms with E-state index in [4.69, 9.17) is 0 Å². The lowest BCUT2D eigenvalue weighted by atomic mass is 10.1. The minimum atomic E-state index is -0.313. The molecule has 3 N–H and O–H groups in total. The molecular formula is C18H18N4O2. The number of carbonyl (C=O) groups is 1. The van der Waals surface area contributed by atoms with Crippen molar-refractivity contribution in [2.75, 3.05) is 5.32 Å². The molecule has 0 saturated heterocycles. The van der Waals surface area contributed by atoms with Crippen molar-refractivity contribution in [2.24, 2.45) is 0 Å². The molecular weight excluding hydrogens is 304 g/mol. The van der Waals surface area contributed by atoms with Crippen LogP contribution in [0.4, 0.5) is 10.5 Å². The fourth-order valence-electron chi connectivity index (χ4n) is 2.56. The van der Waals surface area contributed by atoms with Gasteiger partial charge >= 0.3 is 6.03 Å². The summed E-state index contributed by atoms with van der Waals surface area (Å²) in [5.41, 5.74) is 2.45. The third kappa shape index (κ3) is 3.43. The molecule has 3 rings (SSSR count). The van der Waals surface area contributed by atoms with Gasteiger partial charge in [0.15, 0.2) is 0 Å².